The topological polar surface area (TPSA) is 28.7 Å². The Balaban J connectivity index is 2.02. The van der Waals surface area contributed by atoms with Crippen molar-refractivity contribution in [3.63, 3.8) is 0 Å². The van der Waals surface area contributed by atoms with E-state index in [2.05, 4.69) is 9.97 Å². The average Bonchev–Trinajstić information content (AvgIpc) is 2.80. The lowest BCUT2D eigenvalue weighted by Gasteiger charge is -2.06. The van der Waals surface area contributed by atoms with Crippen molar-refractivity contribution in [2.45, 2.75) is 6.18 Å². The van der Waals surface area contributed by atoms with Crippen LogP contribution in [0.4, 0.5) is 17.6 Å². The fourth-order valence-electron chi connectivity index (χ4n) is 1.93. The van der Waals surface area contributed by atoms with E-state index in [1.807, 2.05) is 0 Å². The van der Waals surface area contributed by atoms with Gasteiger partial charge >= 0.3 is 6.18 Å². The Labute approximate surface area is 111 Å². The third-order valence-electron chi connectivity index (χ3n) is 2.93. The second-order valence-corrected chi connectivity index (χ2v) is 4.32. The molecule has 0 fully saturated rings. The van der Waals surface area contributed by atoms with Crippen LogP contribution in [-0.2, 0) is 6.18 Å². The molecule has 20 heavy (non-hydrogen) atoms. The molecule has 0 saturated heterocycles. The minimum atomic E-state index is -4.37. The second-order valence-electron chi connectivity index (χ2n) is 4.32. The summed E-state index contributed by atoms with van der Waals surface area (Å²) >= 11 is 0. The van der Waals surface area contributed by atoms with Crippen LogP contribution in [0.15, 0.2) is 42.5 Å². The molecule has 0 bridgehead atoms. The number of nitrogens with zero attached hydrogens (tertiary/aromatic N) is 1. The van der Waals surface area contributed by atoms with E-state index in [4.69, 9.17) is 0 Å². The van der Waals surface area contributed by atoms with Gasteiger partial charge in [0, 0.05) is 11.6 Å². The molecule has 0 amide bonds. The Morgan fingerprint density at radius 1 is 0.950 bits per heavy atom. The molecule has 6 heteroatoms. The van der Waals surface area contributed by atoms with Gasteiger partial charge in [0.1, 0.15) is 11.6 Å². The van der Waals surface area contributed by atoms with E-state index < -0.39 is 17.6 Å². The highest BCUT2D eigenvalue weighted by Gasteiger charge is 2.30. The van der Waals surface area contributed by atoms with Crippen molar-refractivity contribution in [3.8, 4) is 11.4 Å². The van der Waals surface area contributed by atoms with Crippen LogP contribution < -0.4 is 0 Å². The van der Waals surface area contributed by atoms with Crippen LogP contribution in [0.5, 0.6) is 0 Å². The second kappa shape index (κ2) is 4.33. The lowest BCUT2D eigenvalue weighted by Crippen LogP contribution is -2.04. The molecular formula is C14H8F4N2. The average molecular weight is 280 g/mol. The van der Waals surface area contributed by atoms with Gasteiger partial charge in [0.15, 0.2) is 0 Å². The van der Waals surface area contributed by atoms with Gasteiger partial charge in [0.05, 0.1) is 16.6 Å². The van der Waals surface area contributed by atoms with E-state index in [1.165, 1.54) is 30.3 Å². The van der Waals surface area contributed by atoms with Crippen molar-refractivity contribution in [1.82, 2.24) is 9.97 Å². The predicted octanol–water partition coefficient (Wildman–Crippen LogP) is 4.39. The standard InChI is InChI=1S/C14H8F4N2/c15-10-5-6-11-12(7-10)20-13(19-11)8-1-3-9(4-2-8)14(16,17)18/h1-7H,(H,19,20). The zero-order valence-corrected chi connectivity index (χ0v) is 10.0. The summed E-state index contributed by atoms with van der Waals surface area (Å²) in [4.78, 5) is 7.10. The van der Waals surface area contributed by atoms with Gasteiger partial charge in [-0.15, -0.1) is 0 Å². The van der Waals surface area contributed by atoms with Crippen LogP contribution in [0.25, 0.3) is 22.4 Å². The quantitative estimate of drug-likeness (QED) is 0.658. The van der Waals surface area contributed by atoms with Gasteiger partial charge in [-0.1, -0.05) is 12.1 Å². The molecule has 1 heterocycles. The Bertz CT molecular complexity index is 757. The number of aromatic amines is 1. The first-order valence-corrected chi connectivity index (χ1v) is 5.76. The minimum Gasteiger partial charge on any atom is -0.338 e. The van der Waals surface area contributed by atoms with Crippen molar-refractivity contribution < 1.29 is 17.6 Å². The van der Waals surface area contributed by atoms with Crippen LogP contribution in [0.2, 0.25) is 0 Å². The van der Waals surface area contributed by atoms with E-state index in [0.29, 0.717) is 22.4 Å². The highest BCUT2D eigenvalue weighted by molar-refractivity contribution is 5.79. The first kappa shape index (κ1) is 12.7. The van der Waals surface area contributed by atoms with E-state index >= 15 is 0 Å². The SMILES string of the molecule is Fc1ccc2[nH]c(-c3ccc(C(F)(F)F)cc3)nc2c1. The number of imidazole rings is 1. The maximum Gasteiger partial charge on any atom is 0.416 e. The van der Waals surface area contributed by atoms with Gasteiger partial charge in [0.2, 0.25) is 0 Å². The summed E-state index contributed by atoms with van der Waals surface area (Å²) < 4.78 is 50.5. The fourth-order valence-corrected chi connectivity index (χ4v) is 1.93. The van der Waals surface area contributed by atoms with Gasteiger partial charge in [-0.25, -0.2) is 9.37 Å². The number of nitrogens with one attached hydrogen (secondary N) is 1. The summed E-state index contributed by atoms with van der Waals surface area (Å²) in [6.07, 6.45) is -4.37. The number of hydrogen-bond acceptors (Lipinski definition) is 1. The summed E-state index contributed by atoms with van der Waals surface area (Å²) in [6.45, 7) is 0. The number of benzene rings is 2. The molecule has 102 valence electrons. The highest BCUT2D eigenvalue weighted by atomic mass is 19.4. The zero-order chi connectivity index (χ0) is 14.3. The highest BCUT2D eigenvalue weighted by Crippen LogP contribution is 2.30. The molecule has 3 aromatic rings. The van der Waals surface area contributed by atoms with E-state index in [-0.39, 0.29) is 0 Å². The predicted molar refractivity (Wildman–Crippen MR) is 66.5 cm³/mol. The molecule has 0 aliphatic rings. The smallest absolute Gasteiger partial charge is 0.338 e. The Morgan fingerprint density at radius 3 is 2.30 bits per heavy atom. The van der Waals surface area contributed by atoms with Crippen molar-refractivity contribution in [3.05, 3.63) is 53.8 Å². The van der Waals surface area contributed by atoms with Crippen molar-refractivity contribution in [2.75, 3.05) is 0 Å². The largest absolute Gasteiger partial charge is 0.416 e. The molecular weight excluding hydrogens is 272 g/mol. The number of halogens is 4. The lowest BCUT2D eigenvalue weighted by molar-refractivity contribution is -0.137. The summed E-state index contributed by atoms with van der Waals surface area (Å²) in [5.41, 5.74) is 0.846. The summed E-state index contributed by atoms with van der Waals surface area (Å²) in [5, 5.41) is 0. The number of rotatable bonds is 1. The number of hydrogen-bond donors (Lipinski definition) is 1. The molecule has 2 aromatic carbocycles. The lowest BCUT2D eigenvalue weighted by atomic mass is 10.1. The van der Waals surface area contributed by atoms with Crippen LogP contribution >= 0.6 is 0 Å². The first-order chi connectivity index (χ1) is 9.43. The molecule has 3 rings (SSSR count). The third-order valence-corrected chi connectivity index (χ3v) is 2.93. The summed E-state index contributed by atoms with van der Waals surface area (Å²) in [7, 11) is 0. The molecule has 0 spiro atoms. The van der Waals surface area contributed by atoms with Gasteiger partial charge < -0.3 is 4.98 Å². The van der Waals surface area contributed by atoms with Crippen LogP contribution in [0.1, 0.15) is 5.56 Å². The maximum atomic E-state index is 13.1. The maximum absolute atomic E-state index is 13.1. The Hall–Kier alpha value is -2.37. The minimum absolute atomic E-state index is 0.402. The zero-order valence-electron chi connectivity index (χ0n) is 10.0. The molecule has 0 atom stereocenters. The van der Waals surface area contributed by atoms with Crippen molar-refractivity contribution in [2.24, 2.45) is 0 Å². The fraction of sp³-hybridized carbons (Fsp3) is 0.0714. The third kappa shape index (κ3) is 2.24. The number of aromatic nitrogens is 2. The van der Waals surface area contributed by atoms with E-state index in [1.54, 1.807) is 0 Å². The van der Waals surface area contributed by atoms with E-state index in [0.717, 1.165) is 12.1 Å². The van der Waals surface area contributed by atoms with E-state index in [9.17, 15) is 17.6 Å². The molecule has 0 aliphatic heterocycles. The molecule has 2 nitrogen and oxygen atoms in total. The first-order valence-electron chi connectivity index (χ1n) is 5.76. The number of H-pyrrole nitrogens is 1. The molecule has 1 N–H and O–H groups in total. The Morgan fingerprint density at radius 2 is 1.65 bits per heavy atom. The van der Waals surface area contributed by atoms with Crippen LogP contribution in [0, 0.1) is 5.82 Å². The molecule has 0 aliphatic carbocycles. The molecule has 1 aromatic heterocycles. The van der Waals surface area contributed by atoms with Crippen LogP contribution in [0.3, 0.4) is 0 Å². The van der Waals surface area contributed by atoms with Gasteiger partial charge in [-0.3, -0.25) is 0 Å². The van der Waals surface area contributed by atoms with Crippen molar-refractivity contribution in [1.29, 1.82) is 0 Å². The summed E-state index contributed by atoms with van der Waals surface area (Å²) in [6, 6.07) is 8.72. The summed E-state index contributed by atoms with van der Waals surface area (Å²) in [5.74, 6) is -0.0118. The molecule has 0 unspecified atom stereocenters. The normalized spacial score (nSPS) is 12.0. The van der Waals surface area contributed by atoms with Gasteiger partial charge in [0.25, 0.3) is 0 Å². The number of fused-ring (bicyclic) bond motifs is 1. The monoisotopic (exact) mass is 280 g/mol. The molecule has 0 saturated carbocycles. The van der Waals surface area contributed by atoms with Crippen LogP contribution in [-0.4, -0.2) is 9.97 Å². The Kier molecular flexibility index (Phi) is 2.74. The number of alkyl halides is 3. The van der Waals surface area contributed by atoms with Crippen molar-refractivity contribution >= 4 is 11.0 Å². The van der Waals surface area contributed by atoms with Gasteiger partial charge in [-0.2, -0.15) is 13.2 Å². The molecule has 0 radical (unpaired) electrons. The van der Waals surface area contributed by atoms with Gasteiger partial charge in [-0.05, 0) is 24.3 Å².